The molecule has 1 atom stereocenters. The van der Waals surface area contributed by atoms with Crippen LogP contribution in [0.3, 0.4) is 0 Å². The van der Waals surface area contributed by atoms with Crippen LogP contribution in [0.4, 0.5) is 32.7 Å². The summed E-state index contributed by atoms with van der Waals surface area (Å²) in [7, 11) is 1.83. The zero-order chi connectivity index (χ0) is 34.8. The monoisotopic (exact) mass is 682 g/mol. The molecule has 1 aromatic carbocycles. The summed E-state index contributed by atoms with van der Waals surface area (Å²) in [6.45, 7) is 5.68. The number of aromatic nitrogens is 4. The molecule has 2 aromatic heterocycles. The van der Waals surface area contributed by atoms with Crippen molar-refractivity contribution < 1.29 is 19.2 Å². The van der Waals surface area contributed by atoms with Crippen LogP contribution in [-0.4, -0.2) is 118 Å². The second-order valence-corrected chi connectivity index (χ2v) is 13.4. The van der Waals surface area contributed by atoms with Crippen molar-refractivity contribution in [3.63, 3.8) is 0 Å². The summed E-state index contributed by atoms with van der Waals surface area (Å²) in [4.78, 5) is 67.2. The normalized spacial score (nSPS) is 20.7. The molecule has 4 N–H and O–H groups in total. The number of imide groups is 1. The van der Waals surface area contributed by atoms with Gasteiger partial charge in [-0.05, 0) is 74.5 Å². The van der Waals surface area contributed by atoms with Crippen molar-refractivity contribution in [2.24, 2.45) is 5.73 Å². The van der Waals surface area contributed by atoms with Gasteiger partial charge in [0.2, 0.25) is 5.91 Å². The van der Waals surface area contributed by atoms with Crippen LogP contribution in [0.5, 0.6) is 0 Å². The van der Waals surface area contributed by atoms with Gasteiger partial charge in [0.1, 0.15) is 5.82 Å². The van der Waals surface area contributed by atoms with Crippen molar-refractivity contribution in [3.05, 3.63) is 59.5 Å². The molecule has 16 nitrogen and oxygen atoms in total. The Balaban J connectivity index is 0.942. The van der Waals surface area contributed by atoms with Crippen molar-refractivity contribution in [2.75, 3.05) is 68.0 Å². The number of benzene rings is 1. The highest BCUT2D eigenvalue weighted by molar-refractivity contribution is 6.05. The number of nitrogens with zero attached hydrogens (tertiary/aromatic N) is 9. The van der Waals surface area contributed by atoms with E-state index in [-0.39, 0.29) is 30.1 Å². The zero-order valence-corrected chi connectivity index (χ0v) is 28.1. The first-order valence-electron chi connectivity index (χ1n) is 17.2. The van der Waals surface area contributed by atoms with Gasteiger partial charge in [-0.1, -0.05) is 12.1 Å². The number of likely N-dealkylation sites (N-methyl/N-ethyl adjacent to an activating group) is 1. The molecular formula is C34H42N12O4. The van der Waals surface area contributed by atoms with E-state index in [4.69, 9.17) is 10.7 Å². The zero-order valence-electron chi connectivity index (χ0n) is 28.1. The highest BCUT2D eigenvalue weighted by Gasteiger charge is 2.35. The van der Waals surface area contributed by atoms with E-state index < -0.39 is 11.9 Å². The van der Waals surface area contributed by atoms with E-state index in [9.17, 15) is 19.2 Å². The van der Waals surface area contributed by atoms with E-state index in [0.717, 1.165) is 69.8 Å². The van der Waals surface area contributed by atoms with Crippen molar-refractivity contribution in [1.29, 1.82) is 0 Å². The van der Waals surface area contributed by atoms with Crippen LogP contribution in [-0.2, 0) is 11.3 Å². The number of carbonyl (C=O) groups excluding carboxylic acids is 4. The van der Waals surface area contributed by atoms with Gasteiger partial charge in [-0.2, -0.15) is 5.10 Å². The Morgan fingerprint density at radius 3 is 2.42 bits per heavy atom. The van der Waals surface area contributed by atoms with Gasteiger partial charge in [-0.25, -0.2) is 19.6 Å². The van der Waals surface area contributed by atoms with Crippen LogP contribution in [0.2, 0.25) is 0 Å². The lowest BCUT2D eigenvalue weighted by molar-refractivity contribution is -0.120. The second kappa shape index (κ2) is 14.2. The molecule has 0 unspecified atom stereocenters. The maximum atomic E-state index is 12.6. The molecule has 262 valence electrons. The van der Waals surface area contributed by atoms with E-state index in [1.165, 1.54) is 10.5 Å². The maximum Gasteiger partial charge on any atom is 0.329 e. The SMILES string of the molecule is CN1CCN([C@@H]2CCCN(c3cnc(C(N)=O)c(Nc4ccc(C5CCN(Cc6ccc(N7CCC(=O)NC7=O)nn6)CC5)cc4)n3)C2)C1=O. The van der Waals surface area contributed by atoms with Crippen LogP contribution in [0.25, 0.3) is 0 Å². The molecule has 16 heteroatoms. The van der Waals surface area contributed by atoms with Crippen LogP contribution >= 0.6 is 0 Å². The average Bonchev–Trinajstić information content (AvgIpc) is 3.46. The number of amides is 6. The Hall–Kier alpha value is -5.38. The Morgan fingerprint density at radius 1 is 0.940 bits per heavy atom. The molecule has 6 amide bonds. The smallest absolute Gasteiger partial charge is 0.329 e. The Bertz CT molecular complexity index is 1750. The number of nitrogens with one attached hydrogen (secondary N) is 2. The molecule has 4 saturated heterocycles. The third kappa shape index (κ3) is 7.15. The van der Waals surface area contributed by atoms with Crippen molar-refractivity contribution in [3.8, 4) is 0 Å². The molecular weight excluding hydrogens is 640 g/mol. The number of carbonyl (C=O) groups is 4. The quantitative estimate of drug-likeness (QED) is 0.301. The molecule has 6 heterocycles. The van der Waals surface area contributed by atoms with E-state index in [1.54, 1.807) is 17.2 Å². The number of likely N-dealkylation sites (tertiary alicyclic amines) is 1. The Morgan fingerprint density at radius 2 is 1.74 bits per heavy atom. The minimum absolute atomic E-state index is 0.0625. The Labute approximate surface area is 290 Å². The molecule has 4 aliphatic heterocycles. The molecule has 3 aromatic rings. The third-order valence-corrected chi connectivity index (χ3v) is 10.1. The lowest BCUT2D eigenvalue weighted by Gasteiger charge is -2.37. The standard InChI is InChI=1S/C34H42N12O4/c1-42-17-18-45(34(42)50)26-3-2-13-44(21-26)28-19-36-30(31(35)48)32(38-28)37-24-6-4-22(5-7-24)23-10-14-43(15-11-23)20-25-8-9-27(41-40-25)46-16-12-29(47)39-33(46)49/h4-9,19,23,26H,2-3,10-18,20-21H2,1H3,(H2,35,48)(H,37,38)(H,39,47,49)/t26-/m1/s1. The molecule has 0 saturated carbocycles. The predicted molar refractivity (Wildman–Crippen MR) is 185 cm³/mol. The second-order valence-electron chi connectivity index (χ2n) is 13.4. The number of nitrogens with two attached hydrogens (primary N) is 1. The topological polar surface area (TPSA) is 186 Å². The predicted octanol–water partition coefficient (Wildman–Crippen LogP) is 2.27. The van der Waals surface area contributed by atoms with Crippen molar-refractivity contribution in [2.45, 2.75) is 50.6 Å². The lowest BCUT2D eigenvalue weighted by Crippen LogP contribution is -2.50. The highest BCUT2D eigenvalue weighted by atomic mass is 16.2. The summed E-state index contributed by atoms with van der Waals surface area (Å²) < 4.78 is 0. The maximum absolute atomic E-state index is 12.6. The van der Waals surface area contributed by atoms with Gasteiger partial charge in [0.15, 0.2) is 17.3 Å². The number of piperidine rings is 2. The third-order valence-electron chi connectivity index (χ3n) is 10.1. The molecule has 50 heavy (non-hydrogen) atoms. The van der Waals surface area contributed by atoms with Crippen molar-refractivity contribution >= 4 is 47.0 Å². The first-order chi connectivity index (χ1) is 24.2. The first-order valence-corrected chi connectivity index (χ1v) is 17.2. The minimum Gasteiger partial charge on any atom is -0.364 e. The molecule has 4 aliphatic rings. The average molecular weight is 683 g/mol. The number of anilines is 4. The van der Waals surface area contributed by atoms with Crippen LogP contribution in [0.1, 0.15) is 59.8 Å². The van der Waals surface area contributed by atoms with Gasteiger partial charge in [-0.15, -0.1) is 5.10 Å². The summed E-state index contributed by atoms with van der Waals surface area (Å²) in [5.41, 5.74) is 8.60. The number of urea groups is 2. The van der Waals surface area contributed by atoms with E-state index >= 15 is 0 Å². The summed E-state index contributed by atoms with van der Waals surface area (Å²) in [5, 5.41) is 14.1. The van der Waals surface area contributed by atoms with E-state index in [2.05, 4.69) is 47.7 Å². The minimum atomic E-state index is -0.661. The van der Waals surface area contributed by atoms with Crippen LogP contribution < -0.4 is 26.2 Å². The molecule has 0 radical (unpaired) electrons. The highest BCUT2D eigenvalue weighted by Crippen LogP contribution is 2.31. The Kier molecular flexibility index (Phi) is 9.43. The van der Waals surface area contributed by atoms with Gasteiger partial charge in [0, 0.05) is 58.4 Å². The summed E-state index contributed by atoms with van der Waals surface area (Å²) in [6.07, 6.45) is 5.68. The number of primary amides is 1. The number of rotatable bonds is 9. The van der Waals surface area contributed by atoms with Gasteiger partial charge in [0.05, 0.1) is 17.9 Å². The van der Waals surface area contributed by atoms with Crippen LogP contribution in [0.15, 0.2) is 42.6 Å². The summed E-state index contributed by atoms with van der Waals surface area (Å²) in [5.74, 6) is 0.843. The van der Waals surface area contributed by atoms with E-state index in [0.29, 0.717) is 43.0 Å². The summed E-state index contributed by atoms with van der Waals surface area (Å²) in [6, 6.07) is 11.5. The molecule has 0 aliphatic carbocycles. The van der Waals surface area contributed by atoms with E-state index in [1.807, 2.05) is 30.1 Å². The fourth-order valence-electron chi connectivity index (χ4n) is 7.22. The van der Waals surface area contributed by atoms with Crippen LogP contribution in [0, 0.1) is 0 Å². The fraction of sp³-hybridized carbons (Fsp3) is 0.471. The molecule has 0 bridgehead atoms. The lowest BCUT2D eigenvalue weighted by atomic mass is 9.89. The largest absolute Gasteiger partial charge is 0.364 e. The number of hydrogen-bond donors (Lipinski definition) is 3. The van der Waals surface area contributed by atoms with Gasteiger partial charge in [-0.3, -0.25) is 24.7 Å². The van der Waals surface area contributed by atoms with Gasteiger partial charge < -0.3 is 25.8 Å². The van der Waals surface area contributed by atoms with Gasteiger partial charge >= 0.3 is 12.1 Å². The fourth-order valence-corrected chi connectivity index (χ4v) is 7.22. The first kappa shape index (κ1) is 33.1. The van der Waals surface area contributed by atoms with Crippen molar-refractivity contribution in [1.82, 2.24) is 40.2 Å². The molecule has 0 spiro atoms. The van der Waals surface area contributed by atoms with Gasteiger partial charge in [0.25, 0.3) is 5.91 Å². The molecule has 4 fully saturated rings. The molecule has 7 rings (SSSR count). The number of hydrogen-bond acceptors (Lipinski definition) is 11. The summed E-state index contributed by atoms with van der Waals surface area (Å²) >= 11 is 0.